The first-order valence-electron chi connectivity index (χ1n) is 18.3. The molecular weight excluding hydrogens is 821 g/mol. The fraction of sp³-hybridized carbons (Fsp3) is 0.0435. The number of ether oxygens (including phenoxy) is 2. The first-order valence-corrected chi connectivity index (χ1v) is 22.2. The van der Waals surface area contributed by atoms with Gasteiger partial charge in [0.25, 0.3) is 0 Å². The molecular formula is C46H37O11P3. The van der Waals surface area contributed by atoms with Crippen LogP contribution in [0.4, 0.5) is 0 Å². The smallest absolute Gasteiger partial charge is 0.493 e. The molecule has 7 aromatic rings. The summed E-state index contributed by atoms with van der Waals surface area (Å²) in [5.41, 5.74) is 0.495. The van der Waals surface area contributed by atoms with Crippen molar-refractivity contribution in [3.63, 3.8) is 0 Å². The molecule has 1 unspecified atom stereocenters. The Kier molecular flexibility index (Phi) is 13.8. The van der Waals surface area contributed by atoms with Crippen LogP contribution in [0.2, 0.25) is 0 Å². The molecule has 0 fully saturated rings. The van der Waals surface area contributed by atoms with Crippen molar-refractivity contribution in [3.8, 4) is 46.0 Å². The number of methoxy groups -OCH3 is 2. The third-order valence-corrected chi connectivity index (χ3v) is 14.0. The second-order valence-electron chi connectivity index (χ2n) is 12.5. The minimum atomic E-state index is -3.97. The standard InChI is InChI=1S/C46H37O11P3/c1-50-39-24-10-12-26-41(39)54-59(55-42-27-13-11-25-40(42)51-2)57-44-29-15-17-31-46(44)60(49,36-20-4-3-5-21-36)45-30-16-14-28-43(45)56-58(52-37-22-8-6-18-34(37)32-47)53-38-23-9-7-19-35(38)33-48/h3-33H,1-2H3. The zero-order valence-electron chi connectivity index (χ0n) is 32.2. The average molecular weight is 859 g/mol. The fourth-order valence-electron chi connectivity index (χ4n) is 5.94. The molecule has 7 aromatic carbocycles. The van der Waals surface area contributed by atoms with E-state index < -0.39 is 24.3 Å². The third kappa shape index (κ3) is 9.46. The van der Waals surface area contributed by atoms with Crippen molar-refractivity contribution in [1.29, 1.82) is 0 Å². The van der Waals surface area contributed by atoms with E-state index in [-0.39, 0.29) is 39.4 Å². The van der Waals surface area contributed by atoms with Gasteiger partial charge in [-0.3, -0.25) is 9.59 Å². The number of benzene rings is 7. The highest BCUT2D eigenvalue weighted by Crippen LogP contribution is 2.53. The molecule has 302 valence electrons. The lowest BCUT2D eigenvalue weighted by Gasteiger charge is -2.26. The van der Waals surface area contributed by atoms with E-state index in [1.807, 2.05) is 18.2 Å². The van der Waals surface area contributed by atoms with Crippen LogP contribution in [0.25, 0.3) is 0 Å². The SMILES string of the molecule is COc1ccccc1OP(Oc1ccccc1OC)Oc1ccccc1P(=O)(c1ccccc1)c1ccccc1OP(Oc1ccccc1C=O)Oc1ccccc1C=O. The van der Waals surface area contributed by atoms with Crippen LogP contribution in [0, 0.1) is 0 Å². The van der Waals surface area contributed by atoms with Gasteiger partial charge in [-0.25, -0.2) is 0 Å². The monoisotopic (exact) mass is 858 g/mol. The van der Waals surface area contributed by atoms with Gasteiger partial charge in [0.05, 0.1) is 36.0 Å². The zero-order valence-corrected chi connectivity index (χ0v) is 34.9. The average Bonchev–Trinajstić information content (AvgIpc) is 3.30. The third-order valence-electron chi connectivity index (χ3n) is 8.80. The number of aldehydes is 2. The highest BCUT2D eigenvalue weighted by molar-refractivity contribution is 7.85. The number of para-hydroxylation sites is 8. The number of carbonyl (C=O) groups excluding carboxylic acids is 2. The maximum Gasteiger partial charge on any atom is 0.530 e. The van der Waals surface area contributed by atoms with E-state index in [1.54, 1.807) is 158 Å². The number of rotatable bonds is 19. The van der Waals surface area contributed by atoms with E-state index in [0.717, 1.165) is 0 Å². The van der Waals surface area contributed by atoms with Crippen molar-refractivity contribution < 1.29 is 50.8 Å². The highest BCUT2D eigenvalue weighted by Gasteiger charge is 2.38. The lowest BCUT2D eigenvalue weighted by atomic mass is 10.2. The number of hydrogen-bond acceptors (Lipinski definition) is 11. The van der Waals surface area contributed by atoms with Crippen LogP contribution in [-0.2, 0) is 4.57 Å². The molecule has 0 saturated heterocycles. The minimum Gasteiger partial charge on any atom is -0.493 e. The zero-order chi connectivity index (χ0) is 41.7. The van der Waals surface area contributed by atoms with E-state index in [0.29, 0.717) is 46.2 Å². The first kappa shape index (κ1) is 41.5. The Morgan fingerprint density at radius 1 is 0.367 bits per heavy atom. The van der Waals surface area contributed by atoms with Gasteiger partial charge < -0.3 is 41.2 Å². The van der Waals surface area contributed by atoms with Crippen molar-refractivity contribution in [2.75, 3.05) is 14.2 Å². The largest absolute Gasteiger partial charge is 0.530 e. The second-order valence-corrected chi connectivity index (χ2v) is 17.2. The van der Waals surface area contributed by atoms with Crippen LogP contribution < -0.4 is 52.5 Å². The van der Waals surface area contributed by atoms with Crippen molar-refractivity contribution in [3.05, 3.63) is 187 Å². The molecule has 1 atom stereocenters. The van der Waals surface area contributed by atoms with Crippen LogP contribution >= 0.6 is 24.3 Å². The molecule has 0 aliphatic carbocycles. The second kappa shape index (κ2) is 19.9. The normalized spacial score (nSPS) is 11.8. The molecule has 0 spiro atoms. The Hall–Kier alpha value is -6.63. The molecule has 0 bridgehead atoms. The summed E-state index contributed by atoms with van der Waals surface area (Å²) >= 11 is 0. The first-order chi connectivity index (χ1) is 29.4. The topological polar surface area (TPSA) is 125 Å². The van der Waals surface area contributed by atoms with Gasteiger partial charge in [0, 0.05) is 5.30 Å². The molecule has 0 heterocycles. The van der Waals surface area contributed by atoms with Crippen LogP contribution in [0.15, 0.2) is 176 Å². The summed E-state index contributed by atoms with van der Waals surface area (Å²) in [5.74, 6) is 2.30. The van der Waals surface area contributed by atoms with Gasteiger partial charge in [0.15, 0.2) is 42.7 Å². The molecule has 60 heavy (non-hydrogen) atoms. The van der Waals surface area contributed by atoms with E-state index in [1.165, 1.54) is 14.2 Å². The number of hydrogen-bond donors (Lipinski definition) is 0. The highest BCUT2D eigenvalue weighted by atomic mass is 31.2. The molecule has 14 heteroatoms. The predicted molar refractivity (Wildman–Crippen MR) is 233 cm³/mol. The quantitative estimate of drug-likeness (QED) is 0.0570. The predicted octanol–water partition coefficient (Wildman–Crippen LogP) is 10.5. The van der Waals surface area contributed by atoms with Gasteiger partial charge in [-0.15, -0.1) is 0 Å². The molecule has 0 aliphatic rings. The fourth-order valence-corrected chi connectivity index (χ4v) is 11.1. The molecule has 0 aromatic heterocycles. The van der Waals surface area contributed by atoms with Crippen molar-refractivity contribution in [2.45, 2.75) is 0 Å². The van der Waals surface area contributed by atoms with Crippen molar-refractivity contribution >= 4 is 52.8 Å². The molecule has 0 amide bonds. The molecule has 0 aliphatic heterocycles. The van der Waals surface area contributed by atoms with Gasteiger partial charge in [0.2, 0.25) is 0 Å². The van der Waals surface area contributed by atoms with Gasteiger partial charge in [-0.1, -0.05) is 103 Å². The summed E-state index contributed by atoms with van der Waals surface area (Å²) in [7, 11) is -5.69. The Balaban J connectivity index is 1.34. The summed E-state index contributed by atoms with van der Waals surface area (Å²) in [4.78, 5) is 24.0. The molecule has 7 rings (SSSR count). The van der Waals surface area contributed by atoms with Crippen molar-refractivity contribution in [2.24, 2.45) is 0 Å². The van der Waals surface area contributed by atoms with Gasteiger partial charge >= 0.3 is 17.2 Å². The Morgan fingerprint density at radius 2 is 0.667 bits per heavy atom. The van der Waals surface area contributed by atoms with Crippen LogP contribution in [0.1, 0.15) is 20.7 Å². The Morgan fingerprint density at radius 3 is 1.07 bits per heavy atom. The molecule has 0 saturated carbocycles. The maximum atomic E-state index is 16.4. The van der Waals surface area contributed by atoms with E-state index >= 15 is 4.57 Å². The van der Waals surface area contributed by atoms with Gasteiger partial charge in [-0.2, -0.15) is 0 Å². The van der Waals surface area contributed by atoms with Crippen LogP contribution in [0.5, 0.6) is 46.0 Å². The molecule has 0 N–H and O–H groups in total. The summed E-state index contributed by atoms with van der Waals surface area (Å²) < 4.78 is 66.1. The van der Waals surface area contributed by atoms with Crippen LogP contribution in [-0.4, -0.2) is 26.8 Å². The Labute approximate surface area is 349 Å². The van der Waals surface area contributed by atoms with Crippen molar-refractivity contribution in [1.82, 2.24) is 0 Å². The summed E-state index contributed by atoms with van der Waals surface area (Å²) in [6.07, 6.45) is 1.31. The molecule has 0 radical (unpaired) electrons. The van der Waals surface area contributed by atoms with Gasteiger partial charge in [-0.05, 0) is 72.8 Å². The number of carbonyl (C=O) groups is 2. The summed E-state index contributed by atoms with van der Waals surface area (Å²) in [6.45, 7) is 0. The maximum absolute atomic E-state index is 16.4. The van der Waals surface area contributed by atoms with E-state index in [2.05, 4.69) is 0 Å². The lowest BCUT2D eigenvalue weighted by Crippen LogP contribution is -2.27. The summed E-state index contributed by atoms with van der Waals surface area (Å²) in [5, 5.41) is 1.04. The minimum absolute atomic E-state index is 0.149. The van der Waals surface area contributed by atoms with Crippen LogP contribution in [0.3, 0.4) is 0 Å². The lowest BCUT2D eigenvalue weighted by molar-refractivity contribution is 0.111. The van der Waals surface area contributed by atoms with E-state index in [4.69, 9.17) is 36.6 Å². The molecule has 11 nitrogen and oxygen atoms in total. The van der Waals surface area contributed by atoms with Gasteiger partial charge in [0.1, 0.15) is 23.0 Å². The summed E-state index contributed by atoms with van der Waals surface area (Å²) in [6, 6.07) is 50.0. The van der Waals surface area contributed by atoms with E-state index in [9.17, 15) is 9.59 Å². The Bertz CT molecular complexity index is 2500.